The van der Waals surface area contributed by atoms with Gasteiger partial charge in [0, 0.05) is 30.4 Å². The second kappa shape index (κ2) is 4.63. The van der Waals surface area contributed by atoms with E-state index in [0.29, 0.717) is 10.8 Å². The fraction of sp³-hybridized carbons (Fsp3) is 0.308. The normalized spacial score (nSPS) is 15.3. The number of pyridine rings is 1. The maximum atomic E-state index is 6.12. The Morgan fingerprint density at radius 1 is 1.39 bits per heavy atom. The van der Waals surface area contributed by atoms with Gasteiger partial charge in [-0.25, -0.2) is 0 Å². The predicted octanol–water partition coefficient (Wildman–Crippen LogP) is 2.26. The summed E-state index contributed by atoms with van der Waals surface area (Å²) < 4.78 is 5.35. The molecule has 1 aromatic carbocycles. The molecule has 2 aromatic rings. The van der Waals surface area contributed by atoms with Crippen LogP contribution < -0.4 is 15.0 Å². The zero-order valence-electron chi connectivity index (χ0n) is 10.1. The van der Waals surface area contributed by atoms with Gasteiger partial charge in [0.2, 0.25) is 0 Å². The number of aromatic nitrogens is 1. The Labute approximate surface area is 111 Å². The molecule has 0 amide bonds. The molecule has 2 heterocycles. The molecule has 1 N–H and O–H groups in total. The third-order valence-electron chi connectivity index (χ3n) is 3.20. The molecule has 4 nitrogen and oxygen atoms in total. The van der Waals surface area contributed by atoms with E-state index >= 15 is 0 Å². The number of hydrogen-bond donors (Lipinski definition) is 1. The van der Waals surface area contributed by atoms with Crippen molar-refractivity contribution in [2.45, 2.75) is 0 Å². The summed E-state index contributed by atoms with van der Waals surface area (Å²) in [4.78, 5) is 6.68. The van der Waals surface area contributed by atoms with Crippen LogP contribution in [0.25, 0.3) is 10.9 Å². The highest BCUT2D eigenvalue weighted by molar-refractivity contribution is 6.33. The molecule has 0 atom stereocenters. The quantitative estimate of drug-likeness (QED) is 0.902. The number of hydrogen-bond acceptors (Lipinski definition) is 4. The molecule has 0 radical (unpaired) electrons. The van der Waals surface area contributed by atoms with Crippen LogP contribution in [-0.2, 0) is 0 Å². The molecular weight excluding hydrogens is 250 g/mol. The Morgan fingerprint density at radius 2 is 2.28 bits per heavy atom. The second-order valence-corrected chi connectivity index (χ2v) is 4.64. The lowest BCUT2D eigenvalue weighted by atomic mass is 10.1. The third-order valence-corrected chi connectivity index (χ3v) is 3.50. The molecule has 1 aliphatic rings. The van der Waals surface area contributed by atoms with E-state index in [4.69, 9.17) is 16.3 Å². The summed E-state index contributed by atoms with van der Waals surface area (Å²) in [6, 6.07) is 5.89. The number of fused-ring (bicyclic) bond motifs is 1. The third kappa shape index (κ3) is 1.78. The number of halogens is 1. The molecule has 0 saturated carbocycles. The van der Waals surface area contributed by atoms with Crippen LogP contribution in [0, 0.1) is 0 Å². The first-order valence-electron chi connectivity index (χ1n) is 5.88. The number of rotatable bonds is 2. The minimum atomic E-state index is 0.592. The number of methoxy groups -OCH3 is 1. The largest absolute Gasteiger partial charge is 0.493 e. The van der Waals surface area contributed by atoms with Gasteiger partial charge in [-0.05, 0) is 18.2 Å². The van der Waals surface area contributed by atoms with Crippen molar-refractivity contribution in [3.63, 3.8) is 0 Å². The number of benzene rings is 1. The van der Waals surface area contributed by atoms with E-state index < -0.39 is 0 Å². The predicted molar refractivity (Wildman–Crippen MR) is 73.5 cm³/mol. The van der Waals surface area contributed by atoms with Crippen LogP contribution in [-0.4, -0.2) is 31.9 Å². The average molecular weight is 264 g/mol. The molecule has 0 spiro atoms. The molecule has 18 heavy (non-hydrogen) atoms. The number of nitrogens with zero attached hydrogens (tertiary/aromatic N) is 2. The molecule has 5 heteroatoms. The highest BCUT2D eigenvalue weighted by atomic mass is 35.5. The zero-order chi connectivity index (χ0) is 12.5. The minimum absolute atomic E-state index is 0.592. The van der Waals surface area contributed by atoms with Gasteiger partial charge in [0.1, 0.15) is 5.52 Å². The van der Waals surface area contributed by atoms with Crippen molar-refractivity contribution >= 4 is 28.2 Å². The van der Waals surface area contributed by atoms with Crippen molar-refractivity contribution in [2.75, 3.05) is 31.8 Å². The maximum Gasteiger partial charge on any atom is 0.163 e. The van der Waals surface area contributed by atoms with Crippen LogP contribution >= 0.6 is 11.6 Å². The van der Waals surface area contributed by atoms with Crippen molar-refractivity contribution in [1.29, 1.82) is 0 Å². The lowest BCUT2D eigenvalue weighted by Crippen LogP contribution is -2.21. The summed E-state index contributed by atoms with van der Waals surface area (Å²) in [7, 11) is 1.62. The topological polar surface area (TPSA) is 37.4 Å². The van der Waals surface area contributed by atoms with Crippen LogP contribution in [0.15, 0.2) is 24.4 Å². The Balaban J connectivity index is 2.22. The van der Waals surface area contributed by atoms with Gasteiger partial charge in [0.25, 0.3) is 0 Å². The Hall–Kier alpha value is -1.52. The van der Waals surface area contributed by atoms with Crippen LogP contribution in [0.4, 0.5) is 5.69 Å². The smallest absolute Gasteiger partial charge is 0.163 e. The standard InChI is InChI=1S/C13H14ClN3O/c1-18-13-10(14)3-2-9-11(4-5-16-12(9)13)17-7-6-15-8-17/h2-5,15H,6-8H2,1H3. The highest BCUT2D eigenvalue weighted by Gasteiger charge is 2.17. The number of nitrogens with one attached hydrogen (secondary N) is 1. The first-order chi connectivity index (χ1) is 8.81. The van der Waals surface area contributed by atoms with Gasteiger partial charge in [0.05, 0.1) is 18.8 Å². The lowest BCUT2D eigenvalue weighted by Gasteiger charge is -2.19. The van der Waals surface area contributed by atoms with E-state index in [-0.39, 0.29) is 0 Å². The van der Waals surface area contributed by atoms with Gasteiger partial charge in [-0.1, -0.05) is 11.6 Å². The molecule has 1 saturated heterocycles. The summed E-state index contributed by atoms with van der Waals surface area (Å²) in [5.41, 5.74) is 1.98. The van der Waals surface area contributed by atoms with Crippen molar-refractivity contribution in [3.8, 4) is 5.75 Å². The fourth-order valence-corrected chi connectivity index (χ4v) is 2.57. The Kier molecular flexibility index (Phi) is 2.97. The molecule has 3 rings (SSSR count). The van der Waals surface area contributed by atoms with E-state index in [1.54, 1.807) is 13.3 Å². The van der Waals surface area contributed by atoms with Gasteiger partial charge >= 0.3 is 0 Å². The van der Waals surface area contributed by atoms with Crippen LogP contribution in [0.5, 0.6) is 5.75 Å². The summed E-state index contributed by atoms with van der Waals surface area (Å²) in [6.07, 6.45) is 1.80. The van der Waals surface area contributed by atoms with Gasteiger partial charge in [-0.15, -0.1) is 0 Å². The summed E-state index contributed by atoms with van der Waals surface area (Å²) in [5, 5.41) is 4.99. The Morgan fingerprint density at radius 3 is 3.00 bits per heavy atom. The van der Waals surface area contributed by atoms with Gasteiger partial charge in [-0.2, -0.15) is 0 Å². The van der Waals surface area contributed by atoms with Crippen molar-refractivity contribution < 1.29 is 4.74 Å². The molecule has 1 aliphatic heterocycles. The Bertz CT molecular complexity index is 582. The minimum Gasteiger partial charge on any atom is -0.493 e. The maximum absolute atomic E-state index is 6.12. The molecule has 0 aliphatic carbocycles. The number of anilines is 1. The summed E-state index contributed by atoms with van der Waals surface area (Å²) in [6.45, 7) is 2.88. The van der Waals surface area contributed by atoms with Crippen molar-refractivity contribution in [2.24, 2.45) is 0 Å². The zero-order valence-corrected chi connectivity index (χ0v) is 10.9. The lowest BCUT2D eigenvalue weighted by molar-refractivity contribution is 0.419. The molecular formula is C13H14ClN3O. The number of ether oxygens (including phenoxy) is 1. The average Bonchev–Trinajstić information content (AvgIpc) is 2.91. The fourth-order valence-electron chi connectivity index (χ4n) is 2.34. The first-order valence-corrected chi connectivity index (χ1v) is 6.26. The van der Waals surface area contributed by atoms with Gasteiger partial charge in [0.15, 0.2) is 5.75 Å². The highest BCUT2D eigenvalue weighted by Crippen LogP contribution is 2.36. The van der Waals surface area contributed by atoms with E-state index in [9.17, 15) is 0 Å². The van der Waals surface area contributed by atoms with Crippen LogP contribution in [0.2, 0.25) is 5.02 Å². The molecule has 0 unspecified atom stereocenters. The second-order valence-electron chi connectivity index (χ2n) is 4.23. The van der Waals surface area contributed by atoms with E-state index in [1.165, 1.54) is 5.69 Å². The van der Waals surface area contributed by atoms with Crippen LogP contribution in [0.1, 0.15) is 0 Å². The van der Waals surface area contributed by atoms with Gasteiger partial charge < -0.3 is 9.64 Å². The summed E-state index contributed by atoms with van der Waals surface area (Å²) in [5.74, 6) is 0.642. The monoisotopic (exact) mass is 263 g/mol. The van der Waals surface area contributed by atoms with Crippen molar-refractivity contribution in [3.05, 3.63) is 29.4 Å². The van der Waals surface area contributed by atoms with Gasteiger partial charge in [-0.3, -0.25) is 10.3 Å². The molecule has 94 valence electrons. The molecule has 1 aromatic heterocycles. The SMILES string of the molecule is COc1c(Cl)ccc2c(N3CCNC3)ccnc12. The van der Waals surface area contributed by atoms with E-state index in [2.05, 4.69) is 15.2 Å². The van der Waals surface area contributed by atoms with Crippen molar-refractivity contribution in [1.82, 2.24) is 10.3 Å². The first kappa shape index (κ1) is 11.6. The van der Waals surface area contributed by atoms with E-state index in [0.717, 1.165) is 30.7 Å². The molecule has 0 bridgehead atoms. The van der Waals surface area contributed by atoms with Crippen LogP contribution in [0.3, 0.4) is 0 Å². The summed E-state index contributed by atoms with van der Waals surface area (Å²) >= 11 is 6.12. The van der Waals surface area contributed by atoms with E-state index in [1.807, 2.05) is 18.2 Å². The molecule has 1 fully saturated rings.